The van der Waals surface area contributed by atoms with Gasteiger partial charge in [-0.1, -0.05) is 0 Å². The Morgan fingerprint density at radius 1 is 1.37 bits per heavy atom. The van der Waals surface area contributed by atoms with Gasteiger partial charge in [-0.2, -0.15) is 17.4 Å². The number of nitrogens with one attached hydrogen (secondary N) is 1. The molecule has 0 aromatic rings. The van der Waals surface area contributed by atoms with Crippen LogP contribution in [0.4, 0.5) is 0 Å². The summed E-state index contributed by atoms with van der Waals surface area (Å²) < 4.78 is 37.3. The van der Waals surface area contributed by atoms with Gasteiger partial charge in [-0.3, -0.25) is 4.79 Å². The number of carbonyl (C=O) groups excluding carboxylic acids is 1. The molecule has 0 aromatic carbocycles. The van der Waals surface area contributed by atoms with E-state index in [0.29, 0.717) is 0 Å². The summed E-state index contributed by atoms with van der Waals surface area (Å²) in [6.45, 7) is 0.344. The highest BCUT2D eigenvalue weighted by molar-refractivity contribution is 7.87. The Kier molecular flexibility index (Phi) is 5.72. The van der Waals surface area contributed by atoms with Crippen LogP contribution >= 0.6 is 0 Å². The third-order valence-corrected chi connectivity index (χ3v) is 5.06. The zero-order valence-corrected chi connectivity index (χ0v) is 12.5. The largest absolute Gasteiger partial charge is 0.469 e. The summed E-state index contributed by atoms with van der Waals surface area (Å²) in [6, 6.07) is 0. The van der Waals surface area contributed by atoms with Crippen molar-refractivity contribution in [1.82, 2.24) is 9.03 Å². The predicted molar refractivity (Wildman–Crippen MR) is 69.8 cm³/mol. The molecule has 1 saturated carbocycles. The lowest BCUT2D eigenvalue weighted by atomic mass is 9.80. The standard InChI is InChI=1S/C11H22N2O5S/c1-13(8-5-10(14)17-2)19(15,16)12-9-11(18-3)6-4-7-11/h12H,4-9H2,1-3H3. The second-order valence-corrected chi connectivity index (χ2v) is 6.58. The van der Waals surface area contributed by atoms with Crippen molar-refractivity contribution >= 4 is 16.2 Å². The SMILES string of the molecule is COC(=O)CCN(C)S(=O)(=O)NCC1(OC)CCC1. The van der Waals surface area contributed by atoms with Crippen LogP contribution < -0.4 is 4.72 Å². The number of hydrogen-bond donors (Lipinski definition) is 1. The van der Waals surface area contributed by atoms with E-state index in [1.807, 2.05) is 0 Å². The Balaban J connectivity index is 2.44. The van der Waals surface area contributed by atoms with Gasteiger partial charge in [0.2, 0.25) is 0 Å². The van der Waals surface area contributed by atoms with Crippen molar-refractivity contribution in [3.63, 3.8) is 0 Å². The maximum atomic E-state index is 11.9. The molecule has 7 nitrogen and oxygen atoms in total. The van der Waals surface area contributed by atoms with Gasteiger partial charge in [-0.25, -0.2) is 0 Å². The average Bonchev–Trinajstić information content (AvgIpc) is 2.34. The lowest BCUT2D eigenvalue weighted by Crippen LogP contribution is -2.51. The molecule has 1 aliphatic carbocycles. The zero-order chi connectivity index (χ0) is 14.5. The molecule has 1 rings (SSSR count). The van der Waals surface area contributed by atoms with Gasteiger partial charge < -0.3 is 9.47 Å². The quantitative estimate of drug-likeness (QED) is 0.631. The van der Waals surface area contributed by atoms with E-state index in [9.17, 15) is 13.2 Å². The van der Waals surface area contributed by atoms with E-state index in [0.717, 1.165) is 23.6 Å². The van der Waals surface area contributed by atoms with E-state index >= 15 is 0 Å². The fourth-order valence-corrected chi connectivity index (χ4v) is 2.83. The van der Waals surface area contributed by atoms with Crippen LogP contribution in [0.3, 0.4) is 0 Å². The number of esters is 1. The first-order valence-electron chi connectivity index (χ1n) is 6.18. The van der Waals surface area contributed by atoms with Gasteiger partial charge in [0.05, 0.1) is 19.1 Å². The van der Waals surface area contributed by atoms with Gasteiger partial charge in [-0.05, 0) is 19.3 Å². The van der Waals surface area contributed by atoms with Crippen molar-refractivity contribution < 1.29 is 22.7 Å². The van der Waals surface area contributed by atoms with E-state index in [1.165, 1.54) is 14.2 Å². The minimum absolute atomic E-state index is 0.0311. The monoisotopic (exact) mass is 294 g/mol. The molecular weight excluding hydrogens is 272 g/mol. The number of rotatable bonds is 8. The van der Waals surface area contributed by atoms with E-state index in [2.05, 4.69) is 9.46 Å². The Bertz CT molecular complexity index is 400. The highest BCUT2D eigenvalue weighted by Gasteiger charge is 2.38. The molecule has 0 radical (unpaired) electrons. The fraction of sp³-hybridized carbons (Fsp3) is 0.909. The molecule has 1 fully saturated rings. The van der Waals surface area contributed by atoms with E-state index in [1.54, 1.807) is 7.11 Å². The average molecular weight is 294 g/mol. The smallest absolute Gasteiger partial charge is 0.306 e. The molecule has 112 valence electrons. The first-order valence-corrected chi connectivity index (χ1v) is 7.62. The second-order valence-electron chi connectivity index (χ2n) is 4.71. The van der Waals surface area contributed by atoms with Crippen molar-refractivity contribution in [1.29, 1.82) is 0 Å². The fourth-order valence-electron chi connectivity index (χ4n) is 1.83. The summed E-state index contributed by atoms with van der Waals surface area (Å²) in [5.41, 5.74) is -0.365. The molecule has 0 saturated heterocycles. The number of methoxy groups -OCH3 is 2. The molecule has 1 aliphatic rings. The zero-order valence-electron chi connectivity index (χ0n) is 11.6. The molecule has 1 N–H and O–H groups in total. The molecule has 0 atom stereocenters. The minimum atomic E-state index is -3.59. The van der Waals surface area contributed by atoms with Crippen molar-refractivity contribution in [2.75, 3.05) is 34.4 Å². The number of ether oxygens (including phenoxy) is 2. The topological polar surface area (TPSA) is 84.9 Å². The van der Waals surface area contributed by atoms with Gasteiger partial charge in [0.1, 0.15) is 0 Å². The Labute approximate surface area is 114 Å². The van der Waals surface area contributed by atoms with Crippen LogP contribution in [-0.4, -0.2) is 58.7 Å². The van der Waals surface area contributed by atoms with Crippen molar-refractivity contribution in [3.05, 3.63) is 0 Å². The van der Waals surface area contributed by atoms with Crippen molar-refractivity contribution in [2.24, 2.45) is 0 Å². The first-order chi connectivity index (χ1) is 8.85. The maximum Gasteiger partial charge on any atom is 0.306 e. The third-order valence-electron chi connectivity index (χ3n) is 3.54. The number of hydrogen-bond acceptors (Lipinski definition) is 5. The molecule has 0 spiro atoms. The third kappa shape index (κ3) is 4.41. The predicted octanol–water partition coefficient (Wildman–Crippen LogP) is -0.115. The molecule has 0 heterocycles. The Morgan fingerprint density at radius 3 is 2.42 bits per heavy atom. The molecule has 0 bridgehead atoms. The molecule has 8 heteroatoms. The Hall–Kier alpha value is -0.700. The van der Waals surface area contributed by atoms with Gasteiger partial charge in [0.15, 0.2) is 0 Å². The normalized spacial score (nSPS) is 18.1. The number of carbonyl (C=O) groups is 1. The highest BCUT2D eigenvalue weighted by atomic mass is 32.2. The lowest BCUT2D eigenvalue weighted by molar-refractivity contribution is -0.140. The molecule has 0 aromatic heterocycles. The van der Waals surface area contributed by atoms with Crippen LogP contribution in [0, 0.1) is 0 Å². The summed E-state index contributed by atoms with van der Waals surface area (Å²) in [4.78, 5) is 11.0. The van der Waals surface area contributed by atoms with E-state index < -0.39 is 16.2 Å². The highest BCUT2D eigenvalue weighted by Crippen LogP contribution is 2.34. The molecule has 0 aliphatic heterocycles. The molecule has 0 amide bonds. The van der Waals surface area contributed by atoms with Gasteiger partial charge >= 0.3 is 5.97 Å². The van der Waals surface area contributed by atoms with Gasteiger partial charge in [-0.15, -0.1) is 0 Å². The van der Waals surface area contributed by atoms with Gasteiger partial charge in [0.25, 0.3) is 10.2 Å². The van der Waals surface area contributed by atoms with Crippen molar-refractivity contribution in [2.45, 2.75) is 31.3 Å². The minimum Gasteiger partial charge on any atom is -0.469 e. The van der Waals surface area contributed by atoms with Crippen LogP contribution in [0.15, 0.2) is 0 Å². The van der Waals surface area contributed by atoms with Gasteiger partial charge in [0, 0.05) is 27.2 Å². The van der Waals surface area contributed by atoms with Crippen LogP contribution in [0.25, 0.3) is 0 Å². The summed E-state index contributed by atoms with van der Waals surface area (Å²) >= 11 is 0. The molecule has 0 unspecified atom stereocenters. The first kappa shape index (κ1) is 16.4. The Morgan fingerprint density at radius 2 is 2.00 bits per heavy atom. The maximum absolute atomic E-state index is 11.9. The molecular formula is C11H22N2O5S. The molecule has 19 heavy (non-hydrogen) atoms. The van der Waals surface area contributed by atoms with Crippen LogP contribution in [0.1, 0.15) is 25.7 Å². The van der Waals surface area contributed by atoms with E-state index in [-0.39, 0.29) is 25.1 Å². The summed E-state index contributed by atoms with van der Waals surface area (Å²) in [7, 11) is 0.698. The van der Waals surface area contributed by atoms with E-state index in [4.69, 9.17) is 4.74 Å². The second kappa shape index (κ2) is 6.65. The van der Waals surface area contributed by atoms with Crippen LogP contribution in [0.5, 0.6) is 0 Å². The van der Waals surface area contributed by atoms with Crippen LogP contribution in [0.2, 0.25) is 0 Å². The van der Waals surface area contributed by atoms with Crippen molar-refractivity contribution in [3.8, 4) is 0 Å². The summed E-state index contributed by atoms with van der Waals surface area (Å²) in [5, 5.41) is 0. The lowest BCUT2D eigenvalue weighted by Gasteiger charge is -2.40. The number of nitrogens with zero attached hydrogens (tertiary/aromatic N) is 1. The summed E-state index contributed by atoms with van der Waals surface area (Å²) in [6.07, 6.45) is 2.80. The van der Waals surface area contributed by atoms with Crippen LogP contribution in [-0.2, 0) is 24.5 Å². The summed E-state index contributed by atoms with van der Waals surface area (Å²) in [5.74, 6) is -0.436.